The van der Waals surface area contributed by atoms with E-state index in [1.165, 1.54) is 6.26 Å². The van der Waals surface area contributed by atoms with Crippen molar-refractivity contribution in [3.8, 4) is 0 Å². The van der Waals surface area contributed by atoms with Crippen LogP contribution in [0.5, 0.6) is 0 Å². The minimum absolute atomic E-state index is 0.111. The molecular formula is C17H29N5O4S. The van der Waals surface area contributed by atoms with E-state index in [2.05, 4.69) is 19.9 Å². The van der Waals surface area contributed by atoms with E-state index in [0.717, 1.165) is 6.26 Å². The minimum Gasteiger partial charge on any atom is -0.459 e. The average molecular weight is 400 g/mol. The van der Waals surface area contributed by atoms with E-state index in [-0.39, 0.29) is 5.91 Å². The van der Waals surface area contributed by atoms with Crippen LogP contribution in [0.3, 0.4) is 0 Å². The summed E-state index contributed by atoms with van der Waals surface area (Å²) in [6, 6.07) is 3.36. The first-order valence-corrected chi connectivity index (χ1v) is 10.9. The molecule has 1 saturated heterocycles. The van der Waals surface area contributed by atoms with E-state index in [0.29, 0.717) is 51.0 Å². The molecule has 0 radical (unpaired) electrons. The quantitative estimate of drug-likeness (QED) is 0.527. The number of nitrogens with zero attached hydrogens (tertiary/aromatic N) is 3. The van der Waals surface area contributed by atoms with Crippen LogP contribution in [0.4, 0.5) is 0 Å². The summed E-state index contributed by atoms with van der Waals surface area (Å²) in [5.41, 5.74) is -0.689. The fourth-order valence-corrected chi connectivity index (χ4v) is 3.98. The number of furan rings is 1. The summed E-state index contributed by atoms with van der Waals surface area (Å²) in [6.45, 7) is 8.97. The van der Waals surface area contributed by atoms with Gasteiger partial charge in [0.25, 0.3) is 5.91 Å². The van der Waals surface area contributed by atoms with Crippen molar-refractivity contribution in [2.45, 2.75) is 26.3 Å². The van der Waals surface area contributed by atoms with Crippen molar-refractivity contribution in [1.29, 1.82) is 0 Å². The third-order valence-corrected chi connectivity index (χ3v) is 4.94. The van der Waals surface area contributed by atoms with Gasteiger partial charge in [0.15, 0.2) is 11.7 Å². The van der Waals surface area contributed by atoms with Crippen LogP contribution in [0.1, 0.15) is 31.3 Å². The van der Waals surface area contributed by atoms with Crippen molar-refractivity contribution in [1.82, 2.24) is 19.8 Å². The largest absolute Gasteiger partial charge is 0.459 e. The molecule has 0 aliphatic carbocycles. The summed E-state index contributed by atoms with van der Waals surface area (Å²) in [6.07, 6.45) is 2.63. The first kappa shape index (κ1) is 21.2. The molecule has 1 amide bonds. The number of nitrogens with one attached hydrogen (secondary N) is 2. The lowest BCUT2D eigenvalue weighted by Gasteiger charge is -2.36. The Morgan fingerprint density at radius 3 is 2.41 bits per heavy atom. The molecule has 0 bridgehead atoms. The van der Waals surface area contributed by atoms with Crippen LogP contribution < -0.4 is 10.0 Å². The normalized spacial score (nSPS) is 16.5. The second-order valence-corrected chi connectivity index (χ2v) is 8.93. The molecule has 0 spiro atoms. The van der Waals surface area contributed by atoms with Gasteiger partial charge in [0.1, 0.15) is 0 Å². The van der Waals surface area contributed by atoms with Gasteiger partial charge in [-0.25, -0.2) is 13.1 Å². The molecule has 2 heterocycles. The highest BCUT2D eigenvalue weighted by molar-refractivity contribution is 7.88. The van der Waals surface area contributed by atoms with Gasteiger partial charge in [0.2, 0.25) is 10.0 Å². The zero-order chi connectivity index (χ0) is 20.1. The van der Waals surface area contributed by atoms with Crippen LogP contribution in [0.15, 0.2) is 27.8 Å². The molecule has 0 aromatic carbocycles. The Hall–Kier alpha value is -2.07. The summed E-state index contributed by atoms with van der Waals surface area (Å²) < 4.78 is 30.7. The number of piperazine rings is 1. The number of hydrogen-bond donors (Lipinski definition) is 2. The van der Waals surface area contributed by atoms with E-state index in [9.17, 15) is 13.2 Å². The van der Waals surface area contributed by atoms with Gasteiger partial charge in [-0.3, -0.25) is 9.79 Å². The molecule has 2 rings (SSSR count). The molecule has 0 unspecified atom stereocenters. The van der Waals surface area contributed by atoms with Gasteiger partial charge in [0, 0.05) is 38.3 Å². The van der Waals surface area contributed by atoms with E-state index in [1.807, 2.05) is 6.92 Å². The highest BCUT2D eigenvalue weighted by atomic mass is 32.2. The van der Waals surface area contributed by atoms with E-state index >= 15 is 0 Å². The summed E-state index contributed by atoms with van der Waals surface area (Å²) in [7, 11) is -3.31. The van der Waals surface area contributed by atoms with Crippen molar-refractivity contribution < 1.29 is 17.6 Å². The molecule has 9 nitrogen and oxygen atoms in total. The van der Waals surface area contributed by atoms with Gasteiger partial charge < -0.3 is 19.5 Å². The number of amides is 1. The first-order chi connectivity index (χ1) is 12.6. The van der Waals surface area contributed by atoms with Crippen molar-refractivity contribution in [2.75, 3.05) is 45.5 Å². The summed E-state index contributed by atoms with van der Waals surface area (Å²) >= 11 is 0. The second kappa shape index (κ2) is 8.75. The number of rotatable bonds is 6. The average Bonchev–Trinajstić information content (AvgIpc) is 3.10. The molecule has 2 N–H and O–H groups in total. The molecule has 1 aliphatic rings. The lowest BCUT2D eigenvalue weighted by atomic mass is 10.1. The van der Waals surface area contributed by atoms with Crippen LogP contribution in [0.25, 0.3) is 0 Å². The topological polar surface area (TPSA) is 107 Å². The molecule has 1 aromatic rings. The maximum Gasteiger partial charge on any atom is 0.289 e. The van der Waals surface area contributed by atoms with Crippen LogP contribution in [-0.4, -0.2) is 81.1 Å². The number of carbonyl (C=O) groups excluding carboxylic acids is 1. The lowest BCUT2D eigenvalue weighted by molar-refractivity contribution is 0.0657. The standard InChI is InChI=1S/C17H29N5O4S/c1-5-18-16(19-13-17(2,3)20-27(4,24)25)22-10-8-21(9-11-22)15(23)14-7-6-12-26-14/h6-7,12,20H,5,8-11,13H2,1-4H3,(H,18,19). The van der Waals surface area contributed by atoms with Crippen LogP contribution >= 0.6 is 0 Å². The second-order valence-electron chi connectivity index (χ2n) is 7.18. The molecule has 0 saturated carbocycles. The number of guanidine groups is 1. The summed E-state index contributed by atoms with van der Waals surface area (Å²) in [5.74, 6) is 0.948. The van der Waals surface area contributed by atoms with Crippen molar-refractivity contribution >= 4 is 21.9 Å². The molecular weight excluding hydrogens is 370 g/mol. The fraction of sp³-hybridized carbons (Fsp3) is 0.647. The van der Waals surface area contributed by atoms with Crippen molar-refractivity contribution in [3.05, 3.63) is 24.2 Å². The number of carbonyl (C=O) groups is 1. The minimum atomic E-state index is -3.31. The Morgan fingerprint density at radius 1 is 1.26 bits per heavy atom. The Labute approximate surface area is 160 Å². The highest BCUT2D eigenvalue weighted by Gasteiger charge is 2.26. The number of sulfonamides is 1. The number of aliphatic imine (C=N–C) groups is 1. The molecule has 1 aliphatic heterocycles. The maximum atomic E-state index is 12.4. The molecule has 1 fully saturated rings. The Morgan fingerprint density at radius 2 is 1.89 bits per heavy atom. The molecule has 1 aromatic heterocycles. The lowest BCUT2D eigenvalue weighted by Crippen LogP contribution is -2.54. The monoisotopic (exact) mass is 399 g/mol. The van der Waals surface area contributed by atoms with E-state index in [4.69, 9.17) is 4.42 Å². The van der Waals surface area contributed by atoms with Gasteiger partial charge >= 0.3 is 0 Å². The SMILES string of the molecule is CCNC(=NCC(C)(C)NS(C)(=O)=O)N1CCN(C(=O)c2ccco2)CC1. The molecule has 27 heavy (non-hydrogen) atoms. The molecule has 152 valence electrons. The summed E-state index contributed by atoms with van der Waals surface area (Å²) in [5, 5.41) is 3.24. The van der Waals surface area contributed by atoms with Gasteiger partial charge in [-0.1, -0.05) is 0 Å². The van der Waals surface area contributed by atoms with Gasteiger partial charge in [-0.05, 0) is 32.9 Å². The Kier molecular flexibility index (Phi) is 6.88. The maximum absolute atomic E-state index is 12.4. The zero-order valence-electron chi connectivity index (χ0n) is 16.4. The third-order valence-electron chi connectivity index (χ3n) is 4.02. The fourth-order valence-electron chi connectivity index (χ4n) is 2.91. The van der Waals surface area contributed by atoms with Gasteiger partial charge in [0.05, 0.1) is 19.1 Å². The molecule has 10 heteroatoms. The van der Waals surface area contributed by atoms with Crippen molar-refractivity contribution in [3.63, 3.8) is 0 Å². The van der Waals surface area contributed by atoms with Gasteiger partial charge in [-0.2, -0.15) is 0 Å². The summed E-state index contributed by atoms with van der Waals surface area (Å²) in [4.78, 5) is 20.8. The van der Waals surface area contributed by atoms with Crippen molar-refractivity contribution in [2.24, 2.45) is 4.99 Å². The predicted octanol–water partition coefficient (Wildman–Crippen LogP) is 0.331. The smallest absolute Gasteiger partial charge is 0.289 e. The predicted molar refractivity (Wildman–Crippen MR) is 104 cm³/mol. The number of hydrogen-bond acceptors (Lipinski definition) is 5. The van der Waals surface area contributed by atoms with Gasteiger partial charge in [-0.15, -0.1) is 0 Å². The third kappa shape index (κ3) is 6.55. The van der Waals surface area contributed by atoms with E-state index in [1.54, 1.807) is 30.9 Å². The van der Waals surface area contributed by atoms with E-state index < -0.39 is 15.6 Å². The van der Waals surface area contributed by atoms with Crippen LogP contribution in [0.2, 0.25) is 0 Å². The zero-order valence-corrected chi connectivity index (χ0v) is 17.2. The Balaban J connectivity index is 1.98. The highest BCUT2D eigenvalue weighted by Crippen LogP contribution is 2.10. The van der Waals surface area contributed by atoms with Crippen LogP contribution in [-0.2, 0) is 10.0 Å². The first-order valence-electron chi connectivity index (χ1n) is 8.96. The Bertz CT molecular complexity index is 750. The molecule has 0 atom stereocenters. The van der Waals surface area contributed by atoms with Crippen LogP contribution in [0, 0.1) is 0 Å².